The van der Waals surface area contributed by atoms with E-state index in [2.05, 4.69) is 4.98 Å². The van der Waals surface area contributed by atoms with Crippen molar-refractivity contribution in [2.24, 2.45) is 11.7 Å². The average molecular weight is 295 g/mol. The third-order valence-electron chi connectivity index (χ3n) is 3.53. The van der Waals surface area contributed by atoms with Gasteiger partial charge in [-0.1, -0.05) is 0 Å². The molecule has 0 unspecified atom stereocenters. The molecule has 2 heterocycles. The molecule has 1 aliphatic rings. The Bertz CT molecular complexity index is 492. The molecule has 7 nitrogen and oxygen atoms in total. The van der Waals surface area contributed by atoms with E-state index in [-0.39, 0.29) is 17.8 Å². The van der Waals surface area contributed by atoms with Gasteiger partial charge in [-0.05, 0) is 19.8 Å². The minimum absolute atomic E-state index is 0.112. The second kappa shape index (κ2) is 7.21. The lowest BCUT2D eigenvalue weighted by molar-refractivity contribution is -0.149. The summed E-state index contributed by atoms with van der Waals surface area (Å²) < 4.78 is 10.2. The number of hydrogen-bond donors (Lipinski definition) is 1. The number of esters is 1. The monoisotopic (exact) mass is 295 g/mol. The summed E-state index contributed by atoms with van der Waals surface area (Å²) in [7, 11) is 0. The number of aromatic nitrogens is 1. The Balaban J connectivity index is 1.89. The van der Waals surface area contributed by atoms with Gasteiger partial charge in [0.05, 0.1) is 12.5 Å². The molecule has 1 aliphatic heterocycles. The summed E-state index contributed by atoms with van der Waals surface area (Å²) in [6.45, 7) is 3.67. The number of carbonyl (C=O) groups is 2. The maximum atomic E-state index is 12.3. The Morgan fingerprint density at radius 2 is 2.19 bits per heavy atom. The van der Waals surface area contributed by atoms with E-state index in [1.165, 1.54) is 6.26 Å². The number of rotatable bonds is 5. The highest BCUT2D eigenvalue weighted by atomic mass is 16.5. The van der Waals surface area contributed by atoms with Crippen molar-refractivity contribution in [1.29, 1.82) is 0 Å². The number of oxazole rings is 1. The number of nitrogens with two attached hydrogens (primary N) is 1. The molecule has 0 radical (unpaired) electrons. The average Bonchev–Trinajstić information content (AvgIpc) is 2.96. The fraction of sp³-hybridized carbons (Fsp3) is 0.643. The standard InChI is InChI=1S/C14H21N3O4/c1-2-20-14(19)10-4-7-17(8-5-10)13(18)11-9-21-12(16-11)3-6-15/h9-10H,2-8,15H2,1H3. The molecule has 116 valence electrons. The van der Waals surface area contributed by atoms with Gasteiger partial charge in [-0.3, -0.25) is 9.59 Å². The number of piperidine rings is 1. The van der Waals surface area contributed by atoms with Crippen LogP contribution < -0.4 is 5.73 Å². The highest BCUT2D eigenvalue weighted by molar-refractivity contribution is 5.92. The van der Waals surface area contributed by atoms with Crippen molar-refractivity contribution in [2.45, 2.75) is 26.2 Å². The SMILES string of the molecule is CCOC(=O)C1CCN(C(=O)c2coc(CCN)n2)CC1. The zero-order valence-electron chi connectivity index (χ0n) is 12.2. The van der Waals surface area contributed by atoms with Gasteiger partial charge in [0.15, 0.2) is 11.6 Å². The molecule has 1 fully saturated rings. The van der Waals surface area contributed by atoms with E-state index in [0.717, 1.165) is 0 Å². The minimum Gasteiger partial charge on any atom is -0.466 e. The van der Waals surface area contributed by atoms with Crippen LogP contribution in [0.15, 0.2) is 10.7 Å². The van der Waals surface area contributed by atoms with Gasteiger partial charge in [0.25, 0.3) is 5.91 Å². The normalized spacial score (nSPS) is 16.0. The quantitative estimate of drug-likeness (QED) is 0.798. The van der Waals surface area contributed by atoms with Crippen molar-refractivity contribution in [2.75, 3.05) is 26.2 Å². The van der Waals surface area contributed by atoms with Crippen LogP contribution in [-0.4, -0.2) is 48.0 Å². The lowest BCUT2D eigenvalue weighted by Crippen LogP contribution is -2.40. The van der Waals surface area contributed by atoms with E-state index in [0.29, 0.717) is 57.1 Å². The molecule has 0 spiro atoms. The summed E-state index contributed by atoms with van der Waals surface area (Å²) in [5.41, 5.74) is 5.72. The smallest absolute Gasteiger partial charge is 0.309 e. The Hall–Kier alpha value is -1.89. The molecule has 1 amide bonds. The molecular formula is C14H21N3O4. The van der Waals surface area contributed by atoms with E-state index >= 15 is 0 Å². The van der Waals surface area contributed by atoms with Crippen molar-refractivity contribution in [3.05, 3.63) is 17.8 Å². The third-order valence-corrected chi connectivity index (χ3v) is 3.53. The summed E-state index contributed by atoms with van der Waals surface area (Å²) in [4.78, 5) is 29.8. The summed E-state index contributed by atoms with van der Waals surface area (Å²) in [5.74, 6) is 0.0296. The van der Waals surface area contributed by atoms with Gasteiger partial charge in [0.1, 0.15) is 6.26 Å². The van der Waals surface area contributed by atoms with Gasteiger partial charge in [0.2, 0.25) is 0 Å². The molecule has 1 saturated heterocycles. The van der Waals surface area contributed by atoms with E-state index in [9.17, 15) is 9.59 Å². The zero-order chi connectivity index (χ0) is 15.2. The lowest BCUT2D eigenvalue weighted by Gasteiger charge is -2.30. The largest absolute Gasteiger partial charge is 0.466 e. The summed E-state index contributed by atoms with van der Waals surface area (Å²) >= 11 is 0. The fourth-order valence-electron chi connectivity index (χ4n) is 2.39. The first-order chi connectivity index (χ1) is 10.2. The highest BCUT2D eigenvalue weighted by Crippen LogP contribution is 2.20. The summed E-state index contributed by atoms with van der Waals surface area (Å²) in [6, 6.07) is 0. The Morgan fingerprint density at radius 1 is 1.48 bits per heavy atom. The molecule has 7 heteroatoms. The van der Waals surface area contributed by atoms with Crippen molar-refractivity contribution >= 4 is 11.9 Å². The van der Waals surface area contributed by atoms with E-state index in [4.69, 9.17) is 14.9 Å². The zero-order valence-corrected chi connectivity index (χ0v) is 12.2. The van der Waals surface area contributed by atoms with Gasteiger partial charge in [-0.2, -0.15) is 0 Å². The Kier molecular flexibility index (Phi) is 5.32. The number of amides is 1. The van der Waals surface area contributed by atoms with Crippen LogP contribution in [0.1, 0.15) is 36.1 Å². The van der Waals surface area contributed by atoms with Crippen molar-refractivity contribution in [3.63, 3.8) is 0 Å². The van der Waals surface area contributed by atoms with Crippen LogP contribution in [0.2, 0.25) is 0 Å². The highest BCUT2D eigenvalue weighted by Gasteiger charge is 2.29. The first-order valence-electron chi connectivity index (χ1n) is 7.26. The van der Waals surface area contributed by atoms with Gasteiger partial charge >= 0.3 is 5.97 Å². The third kappa shape index (κ3) is 3.81. The molecule has 0 aliphatic carbocycles. The molecule has 0 aromatic carbocycles. The number of carbonyl (C=O) groups excluding carboxylic acids is 2. The van der Waals surface area contributed by atoms with Crippen LogP contribution in [-0.2, 0) is 16.0 Å². The van der Waals surface area contributed by atoms with Crippen LogP contribution >= 0.6 is 0 Å². The molecule has 2 rings (SSSR count). The summed E-state index contributed by atoms with van der Waals surface area (Å²) in [5, 5.41) is 0. The summed E-state index contributed by atoms with van der Waals surface area (Å²) in [6.07, 6.45) is 3.12. The van der Waals surface area contributed by atoms with Crippen LogP contribution in [0.3, 0.4) is 0 Å². The second-order valence-corrected chi connectivity index (χ2v) is 4.98. The number of likely N-dealkylation sites (tertiary alicyclic amines) is 1. The first-order valence-corrected chi connectivity index (χ1v) is 7.26. The van der Waals surface area contributed by atoms with Crippen LogP contribution in [0.5, 0.6) is 0 Å². The van der Waals surface area contributed by atoms with E-state index in [1.807, 2.05) is 0 Å². The number of hydrogen-bond acceptors (Lipinski definition) is 6. The molecule has 21 heavy (non-hydrogen) atoms. The molecule has 0 atom stereocenters. The van der Waals surface area contributed by atoms with Gasteiger partial charge < -0.3 is 19.8 Å². The van der Waals surface area contributed by atoms with Crippen LogP contribution in [0.25, 0.3) is 0 Å². The Labute approximate surface area is 123 Å². The molecular weight excluding hydrogens is 274 g/mol. The molecule has 1 aromatic heterocycles. The Morgan fingerprint density at radius 3 is 2.81 bits per heavy atom. The molecule has 2 N–H and O–H groups in total. The van der Waals surface area contributed by atoms with Gasteiger partial charge in [-0.15, -0.1) is 0 Å². The topological polar surface area (TPSA) is 98.7 Å². The van der Waals surface area contributed by atoms with E-state index < -0.39 is 0 Å². The minimum atomic E-state index is -0.170. The number of ether oxygens (including phenoxy) is 1. The molecule has 0 bridgehead atoms. The second-order valence-electron chi connectivity index (χ2n) is 4.98. The fourth-order valence-corrected chi connectivity index (χ4v) is 2.39. The first kappa shape index (κ1) is 15.5. The van der Waals surface area contributed by atoms with Crippen molar-refractivity contribution in [3.8, 4) is 0 Å². The predicted molar refractivity (Wildman–Crippen MR) is 74.5 cm³/mol. The maximum Gasteiger partial charge on any atom is 0.309 e. The van der Waals surface area contributed by atoms with Crippen molar-refractivity contribution < 1.29 is 18.7 Å². The predicted octanol–water partition coefficient (Wildman–Crippen LogP) is 0.591. The maximum absolute atomic E-state index is 12.3. The van der Waals surface area contributed by atoms with Gasteiger partial charge in [0, 0.05) is 26.1 Å². The molecule has 1 aromatic rings. The van der Waals surface area contributed by atoms with E-state index in [1.54, 1.807) is 11.8 Å². The number of nitrogens with zero attached hydrogens (tertiary/aromatic N) is 2. The van der Waals surface area contributed by atoms with Gasteiger partial charge in [-0.25, -0.2) is 4.98 Å². The lowest BCUT2D eigenvalue weighted by atomic mass is 9.97. The van der Waals surface area contributed by atoms with Crippen molar-refractivity contribution in [1.82, 2.24) is 9.88 Å². The van der Waals surface area contributed by atoms with Crippen LogP contribution in [0.4, 0.5) is 0 Å². The molecule has 0 saturated carbocycles. The van der Waals surface area contributed by atoms with Crippen LogP contribution in [0, 0.1) is 5.92 Å².